The summed E-state index contributed by atoms with van der Waals surface area (Å²) in [5.41, 5.74) is 1.30. The first-order valence-corrected chi connectivity index (χ1v) is 6.83. The van der Waals surface area contributed by atoms with Crippen LogP contribution in [0.15, 0.2) is 51.7 Å². The number of aryl methyl sites for hydroxylation is 1. The van der Waals surface area contributed by atoms with Gasteiger partial charge in [0, 0.05) is 10.2 Å². The number of benzene rings is 2. The first kappa shape index (κ1) is 12.9. The summed E-state index contributed by atoms with van der Waals surface area (Å²) in [7, 11) is 0. The first-order valence-electron chi connectivity index (χ1n) is 6.04. The van der Waals surface area contributed by atoms with Crippen LogP contribution in [0.3, 0.4) is 0 Å². The van der Waals surface area contributed by atoms with Crippen LogP contribution in [0.1, 0.15) is 16.2 Å². The Hall–Kier alpha value is -2.14. The molecule has 1 heterocycles. The van der Waals surface area contributed by atoms with Crippen molar-refractivity contribution in [3.8, 4) is 0 Å². The molecule has 3 aromatic rings. The third kappa shape index (κ3) is 2.44. The van der Waals surface area contributed by atoms with Crippen molar-refractivity contribution < 1.29 is 9.21 Å². The average Bonchev–Trinajstić information content (AvgIpc) is 2.85. The van der Waals surface area contributed by atoms with E-state index in [1.54, 1.807) is 6.92 Å². The molecule has 0 bridgehead atoms. The SMILES string of the molecule is Cc1ncoc1C(=O)Nc1ccc2cc(Br)ccc2c1. The van der Waals surface area contributed by atoms with Crippen LogP contribution in [0.5, 0.6) is 0 Å². The number of anilines is 1. The number of nitrogens with one attached hydrogen (secondary N) is 1. The van der Waals surface area contributed by atoms with Crippen LogP contribution in [0.25, 0.3) is 10.8 Å². The molecule has 20 heavy (non-hydrogen) atoms. The Labute approximate surface area is 123 Å². The van der Waals surface area contributed by atoms with Crippen molar-refractivity contribution in [3.63, 3.8) is 0 Å². The molecular weight excluding hydrogens is 320 g/mol. The van der Waals surface area contributed by atoms with Crippen LogP contribution in [0, 0.1) is 6.92 Å². The van der Waals surface area contributed by atoms with E-state index in [-0.39, 0.29) is 11.7 Å². The quantitative estimate of drug-likeness (QED) is 0.767. The van der Waals surface area contributed by atoms with Crippen LogP contribution < -0.4 is 5.32 Å². The number of halogens is 1. The Bertz CT molecular complexity index is 795. The second-order valence-electron chi connectivity index (χ2n) is 4.43. The number of hydrogen-bond acceptors (Lipinski definition) is 3. The monoisotopic (exact) mass is 330 g/mol. The molecule has 1 amide bonds. The summed E-state index contributed by atoms with van der Waals surface area (Å²) in [6.07, 6.45) is 1.27. The number of rotatable bonds is 2. The third-order valence-corrected chi connectivity index (χ3v) is 3.51. The smallest absolute Gasteiger partial charge is 0.293 e. The molecule has 0 atom stereocenters. The Morgan fingerprint density at radius 1 is 1.20 bits per heavy atom. The van der Waals surface area contributed by atoms with Crippen LogP contribution in [0.4, 0.5) is 5.69 Å². The number of carbonyl (C=O) groups excluding carboxylic acids is 1. The normalized spacial score (nSPS) is 10.7. The number of nitrogens with zero attached hydrogens (tertiary/aromatic N) is 1. The first-order chi connectivity index (χ1) is 9.63. The summed E-state index contributed by atoms with van der Waals surface area (Å²) in [4.78, 5) is 15.9. The van der Waals surface area contributed by atoms with Gasteiger partial charge < -0.3 is 9.73 Å². The van der Waals surface area contributed by atoms with E-state index in [9.17, 15) is 4.79 Å². The van der Waals surface area contributed by atoms with E-state index in [1.807, 2.05) is 36.4 Å². The van der Waals surface area contributed by atoms with Gasteiger partial charge in [0.05, 0.1) is 5.69 Å². The Kier molecular flexibility index (Phi) is 3.28. The maximum Gasteiger partial charge on any atom is 0.293 e. The fourth-order valence-electron chi connectivity index (χ4n) is 2.00. The van der Waals surface area contributed by atoms with Gasteiger partial charge in [-0.25, -0.2) is 4.98 Å². The molecule has 0 saturated carbocycles. The Morgan fingerprint density at radius 2 is 1.95 bits per heavy atom. The van der Waals surface area contributed by atoms with Crippen molar-refractivity contribution >= 4 is 38.3 Å². The summed E-state index contributed by atoms with van der Waals surface area (Å²) in [5.74, 6) is -0.0580. The van der Waals surface area contributed by atoms with E-state index in [1.165, 1.54) is 6.39 Å². The number of fused-ring (bicyclic) bond motifs is 1. The molecule has 0 unspecified atom stereocenters. The molecule has 0 radical (unpaired) electrons. The van der Waals surface area contributed by atoms with Gasteiger partial charge in [0.25, 0.3) is 5.91 Å². The number of oxazole rings is 1. The van der Waals surface area contributed by atoms with Gasteiger partial charge in [-0.15, -0.1) is 0 Å². The zero-order valence-corrected chi connectivity index (χ0v) is 12.3. The van der Waals surface area contributed by atoms with Crippen LogP contribution in [0.2, 0.25) is 0 Å². The van der Waals surface area contributed by atoms with Gasteiger partial charge in [0.2, 0.25) is 5.76 Å². The minimum Gasteiger partial charge on any atom is -0.438 e. The molecule has 0 fully saturated rings. The summed E-state index contributed by atoms with van der Waals surface area (Å²) in [6.45, 7) is 1.73. The predicted molar refractivity (Wildman–Crippen MR) is 80.8 cm³/mol. The lowest BCUT2D eigenvalue weighted by Gasteiger charge is -2.05. The molecule has 5 heteroatoms. The Balaban J connectivity index is 1.90. The molecule has 1 N–H and O–H groups in total. The molecule has 100 valence electrons. The van der Waals surface area contributed by atoms with Crippen molar-refractivity contribution in [2.75, 3.05) is 5.32 Å². The molecule has 0 aliphatic carbocycles. The van der Waals surface area contributed by atoms with Gasteiger partial charge in [-0.05, 0) is 42.0 Å². The summed E-state index contributed by atoms with van der Waals surface area (Å²) in [5, 5.41) is 4.97. The molecule has 4 nitrogen and oxygen atoms in total. The Morgan fingerprint density at radius 3 is 2.70 bits per heavy atom. The second-order valence-corrected chi connectivity index (χ2v) is 5.34. The van der Waals surface area contributed by atoms with E-state index in [2.05, 4.69) is 26.2 Å². The average molecular weight is 331 g/mol. The fourth-order valence-corrected chi connectivity index (χ4v) is 2.38. The summed E-state index contributed by atoms with van der Waals surface area (Å²) < 4.78 is 6.10. The second kappa shape index (κ2) is 5.09. The zero-order valence-electron chi connectivity index (χ0n) is 10.7. The van der Waals surface area contributed by atoms with E-state index in [0.717, 1.165) is 20.9 Å². The van der Waals surface area contributed by atoms with E-state index in [0.29, 0.717) is 5.69 Å². The van der Waals surface area contributed by atoms with Gasteiger partial charge in [-0.2, -0.15) is 0 Å². The maximum absolute atomic E-state index is 12.0. The van der Waals surface area contributed by atoms with E-state index < -0.39 is 0 Å². The maximum atomic E-state index is 12.0. The molecule has 0 aliphatic rings. The molecule has 2 aromatic carbocycles. The highest BCUT2D eigenvalue weighted by Gasteiger charge is 2.13. The number of amides is 1. The molecule has 3 rings (SSSR count). The lowest BCUT2D eigenvalue weighted by atomic mass is 10.1. The van der Waals surface area contributed by atoms with Gasteiger partial charge in [0.15, 0.2) is 6.39 Å². The van der Waals surface area contributed by atoms with Crippen molar-refractivity contribution in [2.45, 2.75) is 6.92 Å². The largest absolute Gasteiger partial charge is 0.438 e. The van der Waals surface area contributed by atoms with Crippen molar-refractivity contribution in [1.82, 2.24) is 4.98 Å². The highest BCUT2D eigenvalue weighted by Crippen LogP contribution is 2.23. The third-order valence-electron chi connectivity index (χ3n) is 3.01. The minimum absolute atomic E-state index is 0.237. The van der Waals surface area contributed by atoms with E-state index >= 15 is 0 Å². The van der Waals surface area contributed by atoms with Gasteiger partial charge in [-0.1, -0.05) is 28.1 Å². The summed E-state index contributed by atoms with van der Waals surface area (Å²) in [6, 6.07) is 11.7. The zero-order chi connectivity index (χ0) is 14.1. The number of aromatic nitrogens is 1. The highest BCUT2D eigenvalue weighted by atomic mass is 79.9. The lowest BCUT2D eigenvalue weighted by Crippen LogP contribution is -2.12. The van der Waals surface area contributed by atoms with Crippen molar-refractivity contribution in [2.24, 2.45) is 0 Å². The van der Waals surface area contributed by atoms with Crippen molar-refractivity contribution in [3.05, 3.63) is 58.7 Å². The van der Waals surface area contributed by atoms with Crippen LogP contribution in [-0.2, 0) is 0 Å². The van der Waals surface area contributed by atoms with Crippen LogP contribution in [-0.4, -0.2) is 10.9 Å². The summed E-state index contributed by atoms with van der Waals surface area (Å²) >= 11 is 3.44. The van der Waals surface area contributed by atoms with Gasteiger partial charge >= 0.3 is 0 Å². The predicted octanol–water partition coefficient (Wildman–Crippen LogP) is 4.15. The van der Waals surface area contributed by atoms with E-state index in [4.69, 9.17) is 4.42 Å². The lowest BCUT2D eigenvalue weighted by molar-refractivity contribution is 0.0996. The number of hydrogen-bond donors (Lipinski definition) is 1. The van der Waals surface area contributed by atoms with Gasteiger partial charge in [0.1, 0.15) is 0 Å². The standard InChI is InChI=1S/C15H11BrN2O2/c1-9-14(20-8-17-9)15(19)18-13-5-3-10-6-12(16)4-2-11(10)7-13/h2-8H,1H3,(H,18,19). The molecule has 0 aliphatic heterocycles. The number of carbonyl (C=O) groups is 1. The molecular formula is C15H11BrN2O2. The molecule has 1 aromatic heterocycles. The topological polar surface area (TPSA) is 55.1 Å². The molecule has 0 saturated heterocycles. The van der Waals surface area contributed by atoms with Gasteiger partial charge in [-0.3, -0.25) is 4.79 Å². The minimum atomic E-state index is -0.295. The van der Waals surface area contributed by atoms with Crippen molar-refractivity contribution in [1.29, 1.82) is 0 Å². The molecule has 0 spiro atoms. The highest BCUT2D eigenvalue weighted by molar-refractivity contribution is 9.10. The van der Waals surface area contributed by atoms with Crippen LogP contribution >= 0.6 is 15.9 Å². The fraction of sp³-hybridized carbons (Fsp3) is 0.0667.